The van der Waals surface area contributed by atoms with Crippen LogP contribution in [0.15, 0.2) is 56.9 Å². The van der Waals surface area contributed by atoms with E-state index in [1.165, 1.54) is 27.1 Å². The molecule has 1 aliphatic heterocycles. The van der Waals surface area contributed by atoms with E-state index in [-0.39, 0.29) is 11.9 Å². The number of hydrogen-bond donors (Lipinski definition) is 0. The maximum absolute atomic E-state index is 13.3. The monoisotopic (exact) mass is 456 g/mol. The van der Waals surface area contributed by atoms with Crippen LogP contribution in [0.1, 0.15) is 28.3 Å². The van der Waals surface area contributed by atoms with Crippen LogP contribution in [0.4, 0.5) is 0 Å². The smallest absolute Gasteiger partial charge is 0.233 e. The van der Waals surface area contributed by atoms with Crippen molar-refractivity contribution in [2.24, 2.45) is 0 Å². The van der Waals surface area contributed by atoms with E-state index in [2.05, 4.69) is 39.2 Å². The van der Waals surface area contributed by atoms with Gasteiger partial charge in [0.15, 0.2) is 16.7 Å². The zero-order valence-corrected chi connectivity index (χ0v) is 18.8. The first kappa shape index (κ1) is 19.6. The molecule has 5 heterocycles. The maximum Gasteiger partial charge on any atom is 0.233 e. The SMILES string of the molecule is CCn1c(SCC(=O)N2CCc3sccc3[C@@H]2c2cccs2)nnc1-c1ccco1. The molecule has 6 nitrogen and oxygen atoms in total. The van der Waals surface area contributed by atoms with Crippen molar-refractivity contribution in [1.29, 1.82) is 0 Å². The standard InChI is InChI=1S/C21H20N4O2S3/c1-2-24-20(15-5-3-10-27-15)22-23-21(24)30-13-18(26)25-9-7-16-14(8-12-29-16)19(25)17-6-4-11-28-17/h3-6,8,10-12,19H,2,7,9,13H2,1H3/t19-/m1/s1. The Balaban J connectivity index is 1.36. The molecule has 0 unspecified atom stereocenters. The van der Waals surface area contributed by atoms with Crippen molar-refractivity contribution in [1.82, 2.24) is 19.7 Å². The summed E-state index contributed by atoms with van der Waals surface area (Å²) >= 11 is 4.93. The van der Waals surface area contributed by atoms with E-state index >= 15 is 0 Å². The Hall–Kier alpha value is -2.36. The topological polar surface area (TPSA) is 64.2 Å². The molecule has 0 aromatic carbocycles. The highest BCUT2D eigenvalue weighted by atomic mass is 32.2. The molecule has 1 atom stereocenters. The van der Waals surface area contributed by atoms with Gasteiger partial charge in [0.2, 0.25) is 5.91 Å². The van der Waals surface area contributed by atoms with E-state index in [0.29, 0.717) is 23.9 Å². The Morgan fingerprint density at radius 3 is 2.93 bits per heavy atom. The lowest BCUT2D eigenvalue weighted by Crippen LogP contribution is -2.40. The molecule has 9 heteroatoms. The summed E-state index contributed by atoms with van der Waals surface area (Å²) in [6.45, 7) is 3.49. The zero-order valence-electron chi connectivity index (χ0n) is 16.4. The number of thioether (sulfide) groups is 1. The number of nitrogens with zero attached hydrogens (tertiary/aromatic N) is 4. The lowest BCUT2D eigenvalue weighted by atomic mass is 9.98. The molecule has 0 saturated heterocycles. The summed E-state index contributed by atoms with van der Waals surface area (Å²) in [6, 6.07) is 10.1. The average Bonchev–Trinajstić information content (AvgIpc) is 3.56. The predicted octanol–water partition coefficient (Wildman–Crippen LogP) is 4.95. The van der Waals surface area contributed by atoms with Crippen LogP contribution in [0.3, 0.4) is 0 Å². The summed E-state index contributed by atoms with van der Waals surface area (Å²) in [5, 5.41) is 13.5. The fourth-order valence-corrected chi connectivity index (χ4v) is 6.46. The van der Waals surface area contributed by atoms with Gasteiger partial charge in [-0.1, -0.05) is 17.8 Å². The third-order valence-corrected chi connectivity index (χ3v) is 8.07. The minimum absolute atomic E-state index is 0.0100. The molecule has 5 rings (SSSR count). The zero-order chi connectivity index (χ0) is 20.5. The van der Waals surface area contributed by atoms with Gasteiger partial charge in [0.25, 0.3) is 0 Å². The summed E-state index contributed by atoms with van der Waals surface area (Å²) in [4.78, 5) is 17.9. The highest BCUT2D eigenvalue weighted by Crippen LogP contribution is 2.40. The van der Waals surface area contributed by atoms with Gasteiger partial charge in [0.1, 0.15) is 0 Å². The molecule has 154 valence electrons. The summed E-state index contributed by atoms with van der Waals surface area (Å²) in [6.07, 6.45) is 2.54. The molecule has 1 amide bonds. The summed E-state index contributed by atoms with van der Waals surface area (Å²) in [7, 11) is 0. The molecule has 0 bridgehead atoms. The number of rotatable bonds is 6. The van der Waals surface area contributed by atoms with Gasteiger partial charge >= 0.3 is 0 Å². The van der Waals surface area contributed by atoms with Crippen LogP contribution in [-0.4, -0.2) is 37.9 Å². The third kappa shape index (κ3) is 3.51. The van der Waals surface area contributed by atoms with E-state index in [9.17, 15) is 4.79 Å². The Bertz CT molecular complexity index is 1130. The molecule has 0 saturated carbocycles. The second-order valence-electron chi connectivity index (χ2n) is 6.87. The van der Waals surface area contributed by atoms with Crippen molar-refractivity contribution < 1.29 is 9.21 Å². The minimum Gasteiger partial charge on any atom is -0.461 e. The largest absolute Gasteiger partial charge is 0.461 e. The highest BCUT2D eigenvalue weighted by Gasteiger charge is 2.33. The van der Waals surface area contributed by atoms with Crippen molar-refractivity contribution in [3.05, 3.63) is 62.7 Å². The first-order valence-electron chi connectivity index (χ1n) is 9.75. The molecule has 30 heavy (non-hydrogen) atoms. The van der Waals surface area contributed by atoms with Gasteiger partial charge in [-0.3, -0.25) is 9.36 Å². The highest BCUT2D eigenvalue weighted by molar-refractivity contribution is 7.99. The summed E-state index contributed by atoms with van der Waals surface area (Å²) in [5.74, 6) is 1.83. The number of aromatic nitrogens is 3. The van der Waals surface area contributed by atoms with Gasteiger partial charge < -0.3 is 9.32 Å². The second kappa shape index (κ2) is 8.41. The number of hydrogen-bond acceptors (Lipinski definition) is 7. The van der Waals surface area contributed by atoms with Crippen molar-refractivity contribution >= 4 is 40.3 Å². The van der Waals surface area contributed by atoms with Crippen LogP contribution in [0, 0.1) is 0 Å². The molecule has 0 N–H and O–H groups in total. The van der Waals surface area contributed by atoms with Gasteiger partial charge in [-0.2, -0.15) is 0 Å². The van der Waals surface area contributed by atoms with Gasteiger partial charge in [0.05, 0.1) is 18.1 Å². The van der Waals surface area contributed by atoms with Crippen LogP contribution < -0.4 is 0 Å². The maximum atomic E-state index is 13.3. The van der Waals surface area contributed by atoms with Crippen LogP contribution in [-0.2, 0) is 17.8 Å². The second-order valence-corrected chi connectivity index (χ2v) is 9.79. The quantitative estimate of drug-likeness (QED) is 0.384. The average molecular weight is 457 g/mol. The fraction of sp³-hybridized carbons (Fsp3) is 0.286. The minimum atomic E-state index is 0.0100. The van der Waals surface area contributed by atoms with Crippen molar-refractivity contribution in [3.63, 3.8) is 0 Å². The molecule has 4 aromatic rings. The number of fused-ring (bicyclic) bond motifs is 1. The molecule has 0 fully saturated rings. The van der Waals surface area contributed by atoms with Gasteiger partial charge in [-0.15, -0.1) is 32.9 Å². The lowest BCUT2D eigenvalue weighted by Gasteiger charge is -2.35. The number of thiophene rings is 2. The summed E-state index contributed by atoms with van der Waals surface area (Å²) in [5.41, 5.74) is 1.27. The van der Waals surface area contributed by atoms with Gasteiger partial charge in [0, 0.05) is 22.8 Å². The Morgan fingerprint density at radius 2 is 2.17 bits per heavy atom. The van der Waals surface area contributed by atoms with Crippen LogP contribution >= 0.6 is 34.4 Å². The Labute approximate surface area is 186 Å². The first-order chi connectivity index (χ1) is 14.8. The molecule has 4 aromatic heterocycles. The van der Waals surface area contributed by atoms with Crippen molar-refractivity contribution in [2.45, 2.75) is 31.1 Å². The Morgan fingerprint density at radius 1 is 1.23 bits per heavy atom. The number of carbonyl (C=O) groups excluding carboxylic acids is 1. The van der Waals surface area contributed by atoms with Crippen LogP contribution in [0.25, 0.3) is 11.6 Å². The first-order valence-corrected chi connectivity index (χ1v) is 12.5. The fourth-order valence-electron chi connectivity index (χ4n) is 3.82. The van der Waals surface area contributed by atoms with E-state index in [0.717, 1.165) is 18.1 Å². The lowest BCUT2D eigenvalue weighted by molar-refractivity contribution is -0.130. The number of amides is 1. The van der Waals surface area contributed by atoms with Gasteiger partial charge in [-0.25, -0.2) is 0 Å². The third-order valence-electron chi connectivity index (χ3n) is 5.20. The molecule has 0 radical (unpaired) electrons. The number of furan rings is 1. The van der Waals surface area contributed by atoms with Gasteiger partial charge in [-0.05, 0) is 53.9 Å². The van der Waals surface area contributed by atoms with E-state index < -0.39 is 0 Å². The van der Waals surface area contributed by atoms with Crippen molar-refractivity contribution in [3.8, 4) is 11.6 Å². The van der Waals surface area contributed by atoms with Crippen molar-refractivity contribution in [2.75, 3.05) is 12.3 Å². The van der Waals surface area contributed by atoms with Crippen LogP contribution in [0.5, 0.6) is 0 Å². The molecular formula is C21H20N4O2S3. The predicted molar refractivity (Wildman–Crippen MR) is 120 cm³/mol. The molecular weight excluding hydrogens is 436 g/mol. The molecule has 0 aliphatic carbocycles. The molecule has 1 aliphatic rings. The Kier molecular flexibility index (Phi) is 5.49. The van der Waals surface area contributed by atoms with E-state index in [4.69, 9.17) is 4.42 Å². The van der Waals surface area contributed by atoms with E-state index in [1.54, 1.807) is 28.9 Å². The molecule has 0 spiro atoms. The normalized spacial score (nSPS) is 16.0. The van der Waals surface area contributed by atoms with E-state index in [1.807, 2.05) is 28.5 Å². The number of carbonyl (C=O) groups is 1. The summed E-state index contributed by atoms with van der Waals surface area (Å²) < 4.78 is 7.46. The van der Waals surface area contributed by atoms with Crippen LogP contribution in [0.2, 0.25) is 0 Å².